The minimum atomic E-state index is -0.141. The van der Waals surface area contributed by atoms with Gasteiger partial charge in [0.25, 0.3) is 0 Å². The predicted octanol–water partition coefficient (Wildman–Crippen LogP) is 17.8. The zero-order valence-electron chi connectivity index (χ0n) is 38.1. The van der Waals surface area contributed by atoms with Crippen molar-refractivity contribution in [3.63, 3.8) is 0 Å². The lowest BCUT2D eigenvalue weighted by Gasteiger charge is -2.57. The molecule has 5 aliphatic carbocycles. The van der Waals surface area contributed by atoms with Crippen LogP contribution in [-0.4, -0.2) is 0 Å². The molecule has 0 saturated heterocycles. The molecular formula is C65H55N. The van der Waals surface area contributed by atoms with E-state index in [0.717, 1.165) is 34.8 Å². The molecule has 4 bridgehead atoms. The van der Waals surface area contributed by atoms with E-state index in [4.69, 9.17) is 0 Å². The fourth-order valence-electron chi connectivity index (χ4n) is 13.7. The summed E-state index contributed by atoms with van der Waals surface area (Å²) in [7, 11) is 0. The lowest BCUT2D eigenvalue weighted by Crippen LogP contribution is -2.48. The molecule has 0 N–H and O–H groups in total. The van der Waals surface area contributed by atoms with E-state index in [-0.39, 0.29) is 5.41 Å². The second kappa shape index (κ2) is 15.3. The number of benzene rings is 9. The third-order valence-electron chi connectivity index (χ3n) is 16.5. The van der Waals surface area contributed by atoms with Crippen molar-refractivity contribution < 1.29 is 0 Å². The monoisotopic (exact) mass is 849 g/mol. The summed E-state index contributed by atoms with van der Waals surface area (Å²) in [5.74, 6) is 2.87. The maximum atomic E-state index is 2.53. The van der Waals surface area contributed by atoms with Crippen molar-refractivity contribution in [1.82, 2.24) is 0 Å². The van der Waals surface area contributed by atoms with Crippen LogP contribution in [0.1, 0.15) is 69.1 Å². The lowest BCUT2D eigenvalue weighted by atomic mass is 9.48. The quantitative estimate of drug-likeness (QED) is 0.147. The summed E-state index contributed by atoms with van der Waals surface area (Å²) in [6.45, 7) is 4.76. The molecular weight excluding hydrogens is 795 g/mol. The van der Waals surface area contributed by atoms with Crippen molar-refractivity contribution in [2.24, 2.45) is 17.8 Å². The average molecular weight is 850 g/mol. The predicted molar refractivity (Wildman–Crippen MR) is 278 cm³/mol. The van der Waals surface area contributed by atoms with Gasteiger partial charge >= 0.3 is 0 Å². The molecule has 9 aromatic carbocycles. The molecule has 1 nitrogen and oxygen atoms in total. The Kier molecular flexibility index (Phi) is 9.14. The summed E-state index contributed by atoms with van der Waals surface area (Å²) in [4.78, 5) is 2.53. The largest absolute Gasteiger partial charge is 0.309 e. The van der Waals surface area contributed by atoms with Crippen molar-refractivity contribution in [3.05, 3.63) is 223 Å². The maximum absolute atomic E-state index is 2.53. The minimum absolute atomic E-state index is 0.141. The Labute approximate surface area is 390 Å². The summed E-state index contributed by atoms with van der Waals surface area (Å²) in [6, 6.07) is 77.7. The Bertz CT molecular complexity index is 3260. The number of fused-ring (bicyclic) bond motifs is 4. The molecule has 0 radical (unpaired) electrons. The van der Waals surface area contributed by atoms with Crippen molar-refractivity contribution >= 4 is 27.8 Å². The topological polar surface area (TPSA) is 3.24 Å². The zero-order chi connectivity index (χ0) is 44.0. The Morgan fingerprint density at radius 1 is 0.379 bits per heavy atom. The molecule has 1 heteroatoms. The molecule has 0 heterocycles. The van der Waals surface area contributed by atoms with Gasteiger partial charge in [-0.1, -0.05) is 190 Å². The van der Waals surface area contributed by atoms with Crippen molar-refractivity contribution in [2.45, 2.75) is 63.2 Å². The van der Waals surface area contributed by atoms with Gasteiger partial charge in [-0.2, -0.15) is 0 Å². The van der Waals surface area contributed by atoms with E-state index < -0.39 is 0 Å². The molecule has 0 unspecified atom stereocenters. The summed E-state index contributed by atoms with van der Waals surface area (Å²) in [5, 5.41) is 2.49. The molecule has 0 aliphatic heterocycles. The first-order valence-electron chi connectivity index (χ1n) is 24.4. The zero-order valence-corrected chi connectivity index (χ0v) is 38.1. The van der Waals surface area contributed by atoms with Gasteiger partial charge in [-0.3, -0.25) is 0 Å². The van der Waals surface area contributed by atoms with Gasteiger partial charge in [-0.05, 0) is 164 Å². The Morgan fingerprint density at radius 3 is 1.67 bits per heavy atom. The van der Waals surface area contributed by atoms with E-state index in [1.165, 1.54) is 116 Å². The molecule has 5 aliphatic rings. The van der Waals surface area contributed by atoms with E-state index in [9.17, 15) is 0 Å². The van der Waals surface area contributed by atoms with E-state index in [1.807, 2.05) is 0 Å². The van der Waals surface area contributed by atoms with Crippen LogP contribution in [0.25, 0.3) is 66.4 Å². The molecule has 66 heavy (non-hydrogen) atoms. The minimum Gasteiger partial charge on any atom is -0.309 e. The summed E-state index contributed by atoms with van der Waals surface area (Å²) in [5.41, 5.74) is 20.5. The molecule has 0 amide bonds. The number of hydrogen-bond donors (Lipinski definition) is 0. The lowest BCUT2D eigenvalue weighted by molar-refractivity contribution is -0.00518. The Hall–Kier alpha value is -6.96. The second-order valence-corrected chi connectivity index (χ2v) is 20.7. The first-order valence-corrected chi connectivity index (χ1v) is 24.4. The fourth-order valence-corrected chi connectivity index (χ4v) is 13.7. The number of nitrogens with zero attached hydrogens (tertiary/aromatic N) is 1. The second-order valence-electron chi connectivity index (χ2n) is 20.7. The van der Waals surface area contributed by atoms with Crippen LogP contribution in [0.3, 0.4) is 0 Å². The van der Waals surface area contributed by atoms with Crippen LogP contribution in [0.5, 0.6) is 0 Å². The van der Waals surface area contributed by atoms with Gasteiger partial charge in [0.15, 0.2) is 0 Å². The third kappa shape index (κ3) is 6.42. The normalized spacial score (nSPS) is 20.8. The van der Waals surface area contributed by atoms with Crippen LogP contribution in [0, 0.1) is 17.8 Å². The summed E-state index contributed by atoms with van der Waals surface area (Å²) >= 11 is 0. The number of hydrogen-bond acceptors (Lipinski definition) is 1. The van der Waals surface area contributed by atoms with Crippen molar-refractivity contribution in [3.8, 4) is 55.6 Å². The highest BCUT2D eigenvalue weighted by atomic mass is 15.1. The molecule has 9 aromatic rings. The Balaban J connectivity index is 0.926. The fraction of sp³-hybridized carbons (Fsp3) is 0.200. The smallest absolute Gasteiger partial charge is 0.0540 e. The van der Waals surface area contributed by atoms with E-state index in [2.05, 4.69) is 225 Å². The third-order valence-corrected chi connectivity index (χ3v) is 16.5. The number of rotatable bonds is 8. The molecule has 0 atom stereocenters. The van der Waals surface area contributed by atoms with E-state index in [1.54, 1.807) is 5.56 Å². The Morgan fingerprint density at radius 2 is 0.924 bits per heavy atom. The number of para-hydroxylation sites is 1. The first kappa shape index (κ1) is 39.4. The van der Waals surface area contributed by atoms with Crippen molar-refractivity contribution in [2.75, 3.05) is 4.90 Å². The van der Waals surface area contributed by atoms with Gasteiger partial charge in [0, 0.05) is 22.2 Å². The van der Waals surface area contributed by atoms with Gasteiger partial charge in [0.1, 0.15) is 0 Å². The van der Waals surface area contributed by atoms with Gasteiger partial charge in [0.2, 0.25) is 0 Å². The van der Waals surface area contributed by atoms with Gasteiger partial charge < -0.3 is 4.90 Å². The van der Waals surface area contributed by atoms with Crippen LogP contribution < -0.4 is 4.90 Å². The molecule has 4 fully saturated rings. The van der Waals surface area contributed by atoms with E-state index in [0.29, 0.717) is 5.41 Å². The summed E-state index contributed by atoms with van der Waals surface area (Å²) < 4.78 is 0. The molecule has 14 rings (SSSR count). The highest BCUT2D eigenvalue weighted by Gasteiger charge is 2.51. The van der Waals surface area contributed by atoms with Gasteiger partial charge in [-0.15, -0.1) is 0 Å². The molecule has 320 valence electrons. The number of anilines is 3. The van der Waals surface area contributed by atoms with Crippen molar-refractivity contribution in [1.29, 1.82) is 0 Å². The average Bonchev–Trinajstić information content (AvgIpc) is 3.59. The van der Waals surface area contributed by atoms with Gasteiger partial charge in [-0.25, -0.2) is 0 Å². The molecule has 0 aromatic heterocycles. The molecule has 0 spiro atoms. The standard InChI is InChI=1S/C65H55N/c1-64(2)60-21-10-8-18-56(60)57-33-32-53(39-61(57)64)66(62-22-11-9-19-58(62)55-20-12-16-49-15-6-7-17-54(49)55)63-34-29-51(38-59(63)50-13-4-3-5-14-50)48-25-23-46(24-26-48)47-27-30-52(31-28-47)65-40-43-35-44(41-65)37-45(36-43)42-65/h3-34,38-39,43-45H,35-37,40-42H2,1-2H3. The maximum Gasteiger partial charge on any atom is 0.0540 e. The van der Waals surface area contributed by atoms with Crippen LogP contribution in [0.2, 0.25) is 0 Å². The first-order chi connectivity index (χ1) is 32.4. The van der Waals surface area contributed by atoms with Gasteiger partial charge in [0.05, 0.1) is 11.4 Å². The van der Waals surface area contributed by atoms with Crippen LogP contribution in [0.15, 0.2) is 206 Å². The SMILES string of the molecule is CC1(C)c2ccccc2-c2ccc(N(c3ccc(-c4ccc(-c5ccc(C67CC8CC(CC(C8)C6)C7)cc5)cc4)cc3-c3ccccc3)c3ccccc3-c3cccc4ccccc34)cc21. The van der Waals surface area contributed by atoms with E-state index >= 15 is 0 Å². The van der Waals surface area contributed by atoms with Crippen LogP contribution >= 0.6 is 0 Å². The highest BCUT2D eigenvalue weighted by molar-refractivity contribution is 6.03. The summed E-state index contributed by atoms with van der Waals surface area (Å²) in [6.07, 6.45) is 8.68. The highest BCUT2D eigenvalue weighted by Crippen LogP contribution is 2.61. The molecule has 4 saturated carbocycles. The van der Waals surface area contributed by atoms with Crippen LogP contribution in [0.4, 0.5) is 17.1 Å². The van der Waals surface area contributed by atoms with Crippen LogP contribution in [-0.2, 0) is 10.8 Å².